The third-order valence-electron chi connectivity index (χ3n) is 6.73. The van der Waals surface area contributed by atoms with Gasteiger partial charge in [-0.2, -0.15) is 0 Å². The van der Waals surface area contributed by atoms with E-state index in [4.69, 9.17) is 4.74 Å². The van der Waals surface area contributed by atoms with E-state index in [9.17, 15) is 9.59 Å². The molecule has 0 unspecified atom stereocenters. The van der Waals surface area contributed by atoms with Gasteiger partial charge in [-0.25, -0.2) is 0 Å². The van der Waals surface area contributed by atoms with E-state index in [1.54, 1.807) is 11.8 Å². The van der Waals surface area contributed by atoms with Crippen LogP contribution in [0.3, 0.4) is 0 Å². The Morgan fingerprint density at radius 1 is 1.06 bits per heavy atom. The molecule has 0 saturated heterocycles. The van der Waals surface area contributed by atoms with Crippen molar-refractivity contribution in [2.45, 2.75) is 64.6 Å². The fraction of sp³-hybridized carbons (Fsp3) is 0.379. The summed E-state index contributed by atoms with van der Waals surface area (Å²) in [5.74, 6) is 0.273. The van der Waals surface area contributed by atoms with Crippen LogP contribution in [0.15, 0.2) is 65.1 Å². The molecule has 3 aromatic rings. The number of benzene rings is 3. The molecule has 0 bridgehead atoms. The SMILES string of the molecule is Cc1cccc(CN(C(=O)COc2ccc3ccccc3c2Br)[C@H](C)C(=O)NC2CCCCC2)c1. The Kier molecular flexibility index (Phi) is 8.45. The van der Waals surface area contributed by atoms with Gasteiger partial charge >= 0.3 is 0 Å². The van der Waals surface area contributed by atoms with Crippen LogP contribution in [-0.4, -0.2) is 35.4 Å². The number of fused-ring (bicyclic) bond motifs is 1. The number of nitrogens with one attached hydrogen (secondary N) is 1. The average molecular weight is 537 g/mol. The van der Waals surface area contributed by atoms with Crippen LogP contribution in [0.25, 0.3) is 10.8 Å². The minimum Gasteiger partial charge on any atom is -0.483 e. The fourth-order valence-corrected chi connectivity index (χ4v) is 5.31. The molecule has 35 heavy (non-hydrogen) atoms. The maximum Gasteiger partial charge on any atom is 0.261 e. The maximum atomic E-state index is 13.4. The van der Waals surface area contributed by atoms with Crippen molar-refractivity contribution >= 4 is 38.5 Å². The number of rotatable bonds is 8. The lowest BCUT2D eigenvalue weighted by molar-refractivity contribution is -0.142. The number of aryl methyl sites for hydroxylation is 1. The molecule has 1 aliphatic rings. The predicted molar refractivity (Wildman–Crippen MR) is 143 cm³/mol. The van der Waals surface area contributed by atoms with Gasteiger partial charge in [-0.15, -0.1) is 0 Å². The lowest BCUT2D eigenvalue weighted by atomic mass is 9.95. The number of nitrogens with zero attached hydrogens (tertiary/aromatic N) is 1. The zero-order valence-electron chi connectivity index (χ0n) is 20.4. The lowest BCUT2D eigenvalue weighted by Crippen LogP contribution is -2.51. The van der Waals surface area contributed by atoms with Gasteiger partial charge in [0.2, 0.25) is 5.91 Å². The standard InChI is InChI=1S/C29H33BrN2O3/c1-20-9-8-10-22(17-20)18-32(21(2)29(34)31-24-12-4-3-5-13-24)27(33)19-35-26-16-15-23-11-6-7-14-25(23)28(26)30/h6-11,14-17,21,24H,3-5,12-13,18-19H2,1-2H3,(H,31,34)/t21-/m1/s1. The molecule has 184 valence electrons. The molecule has 2 amide bonds. The molecule has 1 atom stereocenters. The van der Waals surface area contributed by atoms with Crippen LogP contribution in [0.1, 0.15) is 50.2 Å². The van der Waals surface area contributed by atoms with Crippen LogP contribution < -0.4 is 10.1 Å². The monoisotopic (exact) mass is 536 g/mol. The van der Waals surface area contributed by atoms with Gasteiger partial charge in [0.25, 0.3) is 5.91 Å². The summed E-state index contributed by atoms with van der Waals surface area (Å²) in [6, 6.07) is 19.5. The minimum absolute atomic E-state index is 0.107. The average Bonchev–Trinajstić information content (AvgIpc) is 2.87. The molecule has 1 N–H and O–H groups in total. The summed E-state index contributed by atoms with van der Waals surface area (Å²) in [4.78, 5) is 28.2. The van der Waals surface area contributed by atoms with E-state index in [1.165, 1.54) is 6.42 Å². The molecule has 0 radical (unpaired) electrons. The first-order valence-electron chi connectivity index (χ1n) is 12.4. The number of amides is 2. The Balaban J connectivity index is 1.49. The number of carbonyl (C=O) groups excluding carboxylic acids is 2. The summed E-state index contributed by atoms with van der Waals surface area (Å²) in [5, 5.41) is 5.29. The molecule has 0 heterocycles. The molecule has 1 saturated carbocycles. The minimum atomic E-state index is -0.603. The second-order valence-electron chi connectivity index (χ2n) is 9.42. The van der Waals surface area contributed by atoms with Gasteiger partial charge in [-0.1, -0.05) is 79.4 Å². The Labute approximate surface area is 216 Å². The molecule has 0 aromatic heterocycles. The second kappa shape index (κ2) is 11.7. The molecular weight excluding hydrogens is 504 g/mol. The van der Waals surface area contributed by atoms with E-state index in [2.05, 4.69) is 21.2 Å². The van der Waals surface area contributed by atoms with Crippen LogP contribution in [0.5, 0.6) is 5.75 Å². The van der Waals surface area contributed by atoms with E-state index in [0.29, 0.717) is 12.3 Å². The van der Waals surface area contributed by atoms with Crippen LogP contribution in [0.2, 0.25) is 0 Å². The Morgan fingerprint density at radius 3 is 2.60 bits per heavy atom. The smallest absolute Gasteiger partial charge is 0.261 e. The first kappa shape index (κ1) is 25.2. The largest absolute Gasteiger partial charge is 0.483 e. The first-order chi connectivity index (χ1) is 16.9. The Morgan fingerprint density at radius 2 is 1.83 bits per heavy atom. The number of halogens is 1. The lowest BCUT2D eigenvalue weighted by Gasteiger charge is -2.31. The Hall–Kier alpha value is -2.86. The Bertz CT molecular complexity index is 1190. The number of hydrogen-bond donors (Lipinski definition) is 1. The first-order valence-corrected chi connectivity index (χ1v) is 13.2. The summed E-state index contributed by atoms with van der Waals surface area (Å²) in [5.41, 5.74) is 2.10. The highest BCUT2D eigenvalue weighted by Gasteiger charge is 2.28. The van der Waals surface area contributed by atoms with Crippen molar-refractivity contribution in [2.75, 3.05) is 6.61 Å². The van der Waals surface area contributed by atoms with Gasteiger partial charge in [0, 0.05) is 12.6 Å². The van der Waals surface area contributed by atoms with Gasteiger partial charge in [-0.3, -0.25) is 9.59 Å². The van der Waals surface area contributed by atoms with E-state index in [0.717, 1.165) is 52.1 Å². The van der Waals surface area contributed by atoms with E-state index >= 15 is 0 Å². The summed E-state index contributed by atoms with van der Waals surface area (Å²) in [6.45, 7) is 4.03. The van der Waals surface area contributed by atoms with Crippen molar-refractivity contribution in [2.24, 2.45) is 0 Å². The molecule has 4 rings (SSSR count). The van der Waals surface area contributed by atoms with Gasteiger partial charge in [0.1, 0.15) is 11.8 Å². The normalized spacial score (nSPS) is 14.9. The van der Waals surface area contributed by atoms with E-state index < -0.39 is 6.04 Å². The quantitative estimate of drug-likeness (QED) is 0.375. The number of hydrogen-bond acceptors (Lipinski definition) is 3. The van der Waals surface area contributed by atoms with Gasteiger partial charge in [-0.05, 0) is 65.0 Å². The molecule has 6 heteroatoms. The maximum absolute atomic E-state index is 13.4. The number of ether oxygens (including phenoxy) is 1. The van der Waals surface area contributed by atoms with Crippen molar-refractivity contribution in [3.8, 4) is 5.75 Å². The summed E-state index contributed by atoms with van der Waals surface area (Å²) >= 11 is 3.62. The molecule has 0 spiro atoms. The summed E-state index contributed by atoms with van der Waals surface area (Å²) in [6.07, 6.45) is 5.51. The molecule has 1 aliphatic carbocycles. The van der Waals surface area contributed by atoms with Gasteiger partial charge in [0.05, 0.1) is 4.47 Å². The highest BCUT2D eigenvalue weighted by Crippen LogP contribution is 2.33. The third kappa shape index (κ3) is 6.43. The van der Waals surface area contributed by atoms with Crippen LogP contribution in [0, 0.1) is 6.92 Å². The zero-order chi connectivity index (χ0) is 24.8. The number of carbonyl (C=O) groups is 2. The molecule has 5 nitrogen and oxygen atoms in total. The predicted octanol–water partition coefficient (Wildman–Crippen LogP) is 6.16. The third-order valence-corrected chi connectivity index (χ3v) is 7.55. The van der Waals surface area contributed by atoms with Crippen molar-refractivity contribution < 1.29 is 14.3 Å². The van der Waals surface area contributed by atoms with Gasteiger partial charge in [0.15, 0.2) is 6.61 Å². The van der Waals surface area contributed by atoms with Crippen molar-refractivity contribution in [1.82, 2.24) is 10.2 Å². The van der Waals surface area contributed by atoms with E-state index in [-0.39, 0.29) is 24.5 Å². The van der Waals surface area contributed by atoms with Crippen molar-refractivity contribution in [1.29, 1.82) is 0 Å². The summed E-state index contributed by atoms with van der Waals surface area (Å²) in [7, 11) is 0. The zero-order valence-corrected chi connectivity index (χ0v) is 22.0. The van der Waals surface area contributed by atoms with Gasteiger partial charge < -0.3 is 15.0 Å². The summed E-state index contributed by atoms with van der Waals surface area (Å²) < 4.78 is 6.78. The second-order valence-corrected chi connectivity index (χ2v) is 10.2. The van der Waals surface area contributed by atoms with Crippen LogP contribution in [-0.2, 0) is 16.1 Å². The topological polar surface area (TPSA) is 58.6 Å². The van der Waals surface area contributed by atoms with Crippen LogP contribution in [0.4, 0.5) is 0 Å². The van der Waals surface area contributed by atoms with Crippen molar-refractivity contribution in [3.63, 3.8) is 0 Å². The molecule has 0 aliphatic heterocycles. The molecule has 3 aromatic carbocycles. The highest BCUT2D eigenvalue weighted by atomic mass is 79.9. The highest BCUT2D eigenvalue weighted by molar-refractivity contribution is 9.10. The van der Waals surface area contributed by atoms with E-state index in [1.807, 2.05) is 67.6 Å². The van der Waals surface area contributed by atoms with Crippen molar-refractivity contribution in [3.05, 3.63) is 76.3 Å². The van der Waals surface area contributed by atoms with Crippen LogP contribution >= 0.6 is 15.9 Å². The fourth-order valence-electron chi connectivity index (χ4n) is 4.71. The molecular formula is C29H33BrN2O3. The molecule has 1 fully saturated rings.